The number of carbonyl (C=O) groups excluding carboxylic acids is 1. The van der Waals surface area contributed by atoms with E-state index >= 15 is 0 Å². The predicted octanol–water partition coefficient (Wildman–Crippen LogP) is 4.10. The third-order valence-corrected chi connectivity index (χ3v) is 3.41. The van der Waals surface area contributed by atoms with Gasteiger partial charge in [-0.2, -0.15) is 22.0 Å². The normalized spacial score (nSPS) is 10.8. The highest BCUT2D eigenvalue weighted by Gasteiger charge is 2.30. The Labute approximate surface area is 157 Å². The van der Waals surface area contributed by atoms with Gasteiger partial charge >= 0.3 is 12.8 Å². The number of ether oxygens (including phenoxy) is 2. The zero-order valence-corrected chi connectivity index (χ0v) is 14.4. The first-order valence-electron chi connectivity index (χ1n) is 7.78. The molecule has 0 aromatic heterocycles. The van der Waals surface area contributed by atoms with Crippen molar-refractivity contribution in [2.45, 2.75) is 12.8 Å². The number of methoxy groups -OCH3 is 1. The van der Waals surface area contributed by atoms with E-state index in [0.29, 0.717) is 0 Å². The maximum absolute atomic E-state index is 12.7. The van der Waals surface area contributed by atoms with E-state index in [4.69, 9.17) is 4.74 Å². The van der Waals surface area contributed by atoms with Gasteiger partial charge in [-0.3, -0.25) is 4.79 Å². The Balaban J connectivity index is 2.09. The highest BCUT2D eigenvalue weighted by Crippen LogP contribution is 2.32. The number of benzene rings is 2. The number of amides is 1. The smallest absolute Gasteiger partial charge is 0.416 e. The van der Waals surface area contributed by atoms with Crippen LogP contribution < -0.4 is 14.8 Å². The van der Waals surface area contributed by atoms with Crippen LogP contribution in [0.25, 0.3) is 0 Å². The number of nitrogens with one attached hydrogen (secondary N) is 1. The fraction of sp³-hybridized carbons (Fsp3) is 0.211. The molecule has 4 nitrogen and oxygen atoms in total. The van der Waals surface area contributed by atoms with E-state index in [9.17, 15) is 26.7 Å². The summed E-state index contributed by atoms with van der Waals surface area (Å²) in [4.78, 5) is 12.2. The van der Waals surface area contributed by atoms with Crippen molar-refractivity contribution in [2.75, 3.05) is 13.7 Å². The minimum atomic E-state index is -4.49. The predicted molar refractivity (Wildman–Crippen MR) is 90.3 cm³/mol. The number of hydrogen-bond donors (Lipinski definition) is 1. The molecule has 0 aliphatic carbocycles. The number of carbonyl (C=O) groups is 1. The highest BCUT2D eigenvalue weighted by atomic mass is 19.4. The number of halogens is 5. The molecule has 0 unspecified atom stereocenters. The molecule has 0 bridgehead atoms. The molecule has 0 atom stereocenters. The molecule has 0 fully saturated rings. The van der Waals surface area contributed by atoms with Gasteiger partial charge in [0.2, 0.25) is 0 Å². The van der Waals surface area contributed by atoms with Gasteiger partial charge < -0.3 is 14.8 Å². The van der Waals surface area contributed by atoms with Crippen LogP contribution in [0.4, 0.5) is 22.0 Å². The average Bonchev–Trinajstić information content (AvgIpc) is 2.64. The lowest BCUT2D eigenvalue weighted by molar-refractivity contribution is -0.137. The maximum Gasteiger partial charge on any atom is 0.416 e. The fourth-order valence-electron chi connectivity index (χ4n) is 2.21. The van der Waals surface area contributed by atoms with E-state index in [2.05, 4.69) is 21.9 Å². The van der Waals surface area contributed by atoms with E-state index < -0.39 is 30.0 Å². The molecule has 2 rings (SSSR count). The summed E-state index contributed by atoms with van der Waals surface area (Å²) in [6, 6.07) is 8.43. The molecule has 28 heavy (non-hydrogen) atoms. The molecular weight excluding hydrogens is 385 g/mol. The molecule has 2 aromatic rings. The van der Waals surface area contributed by atoms with E-state index in [1.165, 1.54) is 37.4 Å². The third kappa shape index (κ3) is 5.61. The van der Waals surface area contributed by atoms with Crippen LogP contribution in [0.3, 0.4) is 0 Å². The SMILES string of the molecule is COc1cccc(C(=O)NCC#Cc2cccc(C(F)(F)F)c2)c1OC(F)F. The van der Waals surface area contributed by atoms with Crippen molar-refractivity contribution in [3.8, 4) is 23.3 Å². The van der Waals surface area contributed by atoms with Gasteiger partial charge in [0, 0.05) is 5.56 Å². The summed E-state index contributed by atoms with van der Waals surface area (Å²) < 4.78 is 72.4. The Morgan fingerprint density at radius 2 is 1.89 bits per heavy atom. The Hall–Kier alpha value is -3.28. The maximum atomic E-state index is 12.7. The van der Waals surface area contributed by atoms with Crippen molar-refractivity contribution in [1.82, 2.24) is 5.32 Å². The largest absolute Gasteiger partial charge is 0.493 e. The number of hydrogen-bond acceptors (Lipinski definition) is 3. The van der Waals surface area contributed by atoms with Crippen LogP contribution in [-0.2, 0) is 6.18 Å². The molecule has 0 aliphatic rings. The molecule has 0 saturated heterocycles. The lowest BCUT2D eigenvalue weighted by atomic mass is 10.1. The van der Waals surface area contributed by atoms with Gasteiger partial charge in [-0.1, -0.05) is 24.0 Å². The minimum Gasteiger partial charge on any atom is -0.493 e. The summed E-state index contributed by atoms with van der Waals surface area (Å²) in [5.41, 5.74) is -0.916. The van der Waals surface area contributed by atoms with Gasteiger partial charge in [-0.25, -0.2) is 0 Å². The van der Waals surface area contributed by atoms with E-state index in [1.54, 1.807) is 0 Å². The van der Waals surface area contributed by atoms with Crippen LogP contribution in [0, 0.1) is 11.8 Å². The molecule has 0 heterocycles. The molecule has 0 radical (unpaired) electrons. The first-order valence-corrected chi connectivity index (χ1v) is 7.78. The molecule has 2 aromatic carbocycles. The van der Waals surface area contributed by atoms with Crippen molar-refractivity contribution < 1.29 is 36.2 Å². The fourth-order valence-corrected chi connectivity index (χ4v) is 2.21. The Morgan fingerprint density at radius 3 is 2.54 bits per heavy atom. The van der Waals surface area contributed by atoms with Gasteiger partial charge in [0.15, 0.2) is 11.5 Å². The molecule has 0 saturated carbocycles. The van der Waals surface area contributed by atoms with Crippen LogP contribution in [0.5, 0.6) is 11.5 Å². The Bertz CT molecular complexity index is 900. The molecule has 1 amide bonds. The lowest BCUT2D eigenvalue weighted by Gasteiger charge is -2.13. The second-order valence-corrected chi connectivity index (χ2v) is 5.28. The van der Waals surface area contributed by atoms with Gasteiger partial charge in [0.1, 0.15) is 0 Å². The van der Waals surface area contributed by atoms with E-state index in [0.717, 1.165) is 12.1 Å². The summed E-state index contributed by atoms with van der Waals surface area (Å²) in [7, 11) is 1.23. The molecule has 9 heteroatoms. The summed E-state index contributed by atoms with van der Waals surface area (Å²) in [6.45, 7) is -3.39. The quantitative estimate of drug-likeness (QED) is 0.609. The van der Waals surface area contributed by atoms with Crippen molar-refractivity contribution in [3.05, 3.63) is 59.2 Å². The summed E-state index contributed by atoms with van der Waals surface area (Å²) in [5.74, 6) is 3.76. The molecule has 1 N–H and O–H groups in total. The van der Waals surface area contributed by atoms with Crippen molar-refractivity contribution in [2.24, 2.45) is 0 Å². The highest BCUT2D eigenvalue weighted by molar-refractivity contribution is 5.97. The van der Waals surface area contributed by atoms with Crippen molar-refractivity contribution >= 4 is 5.91 Å². The third-order valence-electron chi connectivity index (χ3n) is 3.41. The second-order valence-electron chi connectivity index (χ2n) is 5.28. The number of rotatable bonds is 5. The first kappa shape index (κ1) is 21.0. The molecule has 0 spiro atoms. The number of alkyl halides is 5. The zero-order valence-electron chi connectivity index (χ0n) is 14.4. The summed E-state index contributed by atoms with van der Waals surface area (Å²) in [5, 5.41) is 2.36. The van der Waals surface area contributed by atoms with Crippen molar-refractivity contribution in [3.63, 3.8) is 0 Å². The van der Waals surface area contributed by atoms with Gasteiger partial charge in [-0.15, -0.1) is 0 Å². The van der Waals surface area contributed by atoms with Crippen LogP contribution >= 0.6 is 0 Å². The second kappa shape index (κ2) is 9.08. The summed E-state index contributed by atoms with van der Waals surface area (Å²) in [6.07, 6.45) is -4.49. The van der Waals surface area contributed by atoms with Crippen LogP contribution in [0.1, 0.15) is 21.5 Å². The standard InChI is InChI=1S/C19H14F5NO3/c1-27-15-9-3-8-14(16(15)28-18(20)21)17(26)25-10-4-6-12-5-2-7-13(11-12)19(22,23)24/h2-3,5,7-9,11,18H,10H2,1H3,(H,25,26). The van der Waals surface area contributed by atoms with Crippen LogP contribution in [0.2, 0.25) is 0 Å². The van der Waals surface area contributed by atoms with Crippen molar-refractivity contribution in [1.29, 1.82) is 0 Å². The molecule has 148 valence electrons. The topological polar surface area (TPSA) is 47.6 Å². The first-order chi connectivity index (χ1) is 13.2. The van der Waals surface area contributed by atoms with Crippen LogP contribution in [-0.4, -0.2) is 26.2 Å². The Morgan fingerprint density at radius 1 is 1.18 bits per heavy atom. The minimum absolute atomic E-state index is 0.0528. The Kier molecular flexibility index (Phi) is 6.82. The van der Waals surface area contributed by atoms with Gasteiger partial charge in [-0.05, 0) is 30.3 Å². The average molecular weight is 399 g/mol. The summed E-state index contributed by atoms with van der Waals surface area (Å²) >= 11 is 0. The monoisotopic (exact) mass is 399 g/mol. The lowest BCUT2D eigenvalue weighted by Crippen LogP contribution is -2.24. The molecular formula is C19H14F5NO3. The van der Waals surface area contributed by atoms with E-state index in [-0.39, 0.29) is 23.4 Å². The van der Waals surface area contributed by atoms with Gasteiger partial charge in [0.25, 0.3) is 5.91 Å². The van der Waals surface area contributed by atoms with E-state index in [1.807, 2.05) is 0 Å². The van der Waals surface area contributed by atoms with Gasteiger partial charge in [0.05, 0.1) is 24.8 Å². The van der Waals surface area contributed by atoms with Crippen LogP contribution in [0.15, 0.2) is 42.5 Å². The molecule has 0 aliphatic heterocycles. The number of para-hydroxylation sites is 1. The zero-order chi connectivity index (χ0) is 20.7.